The number of carbonyl (C=O) groups is 1. The summed E-state index contributed by atoms with van der Waals surface area (Å²) >= 11 is 6.16. The predicted molar refractivity (Wildman–Crippen MR) is 68.4 cm³/mol. The first-order valence-corrected chi connectivity index (χ1v) is 5.63. The van der Waals surface area contributed by atoms with Crippen molar-refractivity contribution in [2.24, 2.45) is 11.5 Å². The molecule has 1 unspecified atom stereocenters. The second-order valence-corrected chi connectivity index (χ2v) is 4.40. The van der Waals surface area contributed by atoms with Crippen LogP contribution in [0.2, 0.25) is 5.02 Å². The maximum absolute atomic E-state index is 11.0. The van der Waals surface area contributed by atoms with Gasteiger partial charge in [0.05, 0.1) is 13.2 Å². The van der Waals surface area contributed by atoms with Crippen LogP contribution in [0.4, 0.5) is 0 Å². The van der Waals surface area contributed by atoms with Crippen LogP contribution in [0.15, 0.2) is 6.07 Å². The van der Waals surface area contributed by atoms with Crippen LogP contribution in [-0.2, 0) is 11.2 Å². The Labute approximate surface area is 106 Å². The molecular formula is C12H17ClN2O2. The smallest absolute Gasteiger partial charge is 0.234 e. The Bertz CT molecular complexity index is 447. The topological polar surface area (TPSA) is 78.3 Å². The SMILES string of the molecule is COc1cc(C)c(Cl)c(C)c1CC(N)C(N)=O. The van der Waals surface area contributed by atoms with Gasteiger partial charge in [0.1, 0.15) is 5.75 Å². The van der Waals surface area contributed by atoms with Crippen molar-refractivity contribution >= 4 is 17.5 Å². The summed E-state index contributed by atoms with van der Waals surface area (Å²) in [7, 11) is 1.57. The van der Waals surface area contributed by atoms with E-state index in [0.29, 0.717) is 17.2 Å². The molecule has 0 bridgehead atoms. The largest absolute Gasteiger partial charge is 0.496 e. The number of benzene rings is 1. The van der Waals surface area contributed by atoms with Gasteiger partial charge < -0.3 is 16.2 Å². The molecule has 0 aromatic heterocycles. The van der Waals surface area contributed by atoms with Gasteiger partial charge in [-0.15, -0.1) is 0 Å². The minimum absolute atomic E-state index is 0.324. The van der Waals surface area contributed by atoms with Gasteiger partial charge in [0, 0.05) is 17.0 Å². The van der Waals surface area contributed by atoms with Crippen LogP contribution in [-0.4, -0.2) is 19.1 Å². The normalized spacial score (nSPS) is 12.3. The summed E-state index contributed by atoms with van der Waals surface area (Å²) in [6.45, 7) is 3.77. The minimum Gasteiger partial charge on any atom is -0.496 e. The first-order valence-electron chi connectivity index (χ1n) is 5.26. The van der Waals surface area contributed by atoms with E-state index in [4.69, 9.17) is 27.8 Å². The minimum atomic E-state index is -0.735. The number of ether oxygens (including phenoxy) is 1. The standard InChI is InChI=1S/C12H17ClN2O2/c1-6-4-10(17-3)8(7(2)11(6)13)5-9(14)12(15)16/h4,9H,5,14H2,1-3H3,(H2,15,16). The lowest BCUT2D eigenvalue weighted by Gasteiger charge is -2.17. The molecule has 94 valence electrons. The van der Waals surface area contributed by atoms with Crippen molar-refractivity contribution in [3.8, 4) is 5.75 Å². The molecule has 4 N–H and O–H groups in total. The molecule has 0 aliphatic rings. The number of hydrogen-bond acceptors (Lipinski definition) is 3. The molecule has 1 aromatic rings. The molecule has 4 nitrogen and oxygen atoms in total. The fourth-order valence-corrected chi connectivity index (χ4v) is 1.89. The third kappa shape index (κ3) is 2.90. The van der Waals surface area contributed by atoms with Gasteiger partial charge in [-0.3, -0.25) is 4.79 Å². The summed E-state index contributed by atoms with van der Waals surface area (Å²) in [5, 5.41) is 0.664. The molecule has 0 fully saturated rings. The maximum Gasteiger partial charge on any atom is 0.234 e. The average Bonchev–Trinajstić information content (AvgIpc) is 2.29. The number of amides is 1. The molecule has 1 aromatic carbocycles. The zero-order valence-electron chi connectivity index (χ0n) is 10.2. The fourth-order valence-electron chi connectivity index (χ4n) is 1.72. The van der Waals surface area contributed by atoms with Gasteiger partial charge in [-0.2, -0.15) is 0 Å². The van der Waals surface area contributed by atoms with Crippen LogP contribution in [0, 0.1) is 13.8 Å². The van der Waals surface area contributed by atoms with E-state index in [2.05, 4.69) is 0 Å². The summed E-state index contributed by atoms with van der Waals surface area (Å²) < 4.78 is 5.28. The van der Waals surface area contributed by atoms with Crippen molar-refractivity contribution in [3.05, 3.63) is 27.8 Å². The highest BCUT2D eigenvalue weighted by Gasteiger charge is 2.18. The Balaban J connectivity index is 3.21. The number of carbonyl (C=O) groups excluding carboxylic acids is 1. The van der Waals surface area contributed by atoms with E-state index in [0.717, 1.165) is 16.7 Å². The second kappa shape index (κ2) is 5.38. The summed E-state index contributed by atoms with van der Waals surface area (Å²) in [5.74, 6) is 0.143. The number of hydrogen-bond donors (Lipinski definition) is 2. The zero-order chi connectivity index (χ0) is 13.2. The van der Waals surface area contributed by atoms with E-state index in [1.807, 2.05) is 19.9 Å². The van der Waals surface area contributed by atoms with Crippen molar-refractivity contribution in [2.75, 3.05) is 7.11 Å². The first-order chi connectivity index (χ1) is 7.88. The van der Waals surface area contributed by atoms with Crippen molar-refractivity contribution < 1.29 is 9.53 Å². The summed E-state index contributed by atoms with van der Waals surface area (Å²) in [6.07, 6.45) is 0.324. The number of nitrogens with two attached hydrogens (primary N) is 2. The Morgan fingerprint density at radius 1 is 1.53 bits per heavy atom. The van der Waals surface area contributed by atoms with E-state index < -0.39 is 11.9 Å². The Morgan fingerprint density at radius 3 is 2.59 bits per heavy atom. The van der Waals surface area contributed by atoms with E-state index >= 15 is 0 Å². The van der Waals surface area contributed by atoms with Crippen LogP contribution in [0.5, 0.6) is 5.75 Å². The Morgan fingerprint density at radius 2 is 2.12 bits per heavy atom. The van der Waals surface area contributed by atoms with Gasteiger partial charge in [0.2, 0.25) is 5.91 Å². The quantitative estimate of drug-likeness (QED) is 0.853. The molecule has 1 amide bonds. The molecule has 0 spiro atoms. The van der Waals surface area contributed by atoms with Crippen molar-refractivity contribution in [2.45, 2.75) is 26.3 Å². The third-order valence-corrected chi connectivity index (χ3v) is 3.36. The third-order valence-electron chi connectivity index (χ3n) is 2.78. The van der Waals surface area contributed by atoms with Gasteiger partial charge in [0.15, 0.2) is 0 Å². The number of rotatable bonds is 4. The van der Waals surface area contributed by atoms with Crippen LogP contribution in [0.3, 0.4) is 0 Å². The number of halogens is 1. The first kappa shape index (κ1) is 13.8. The molecule has 0 radical (unpaired) electrons. The lowest BCUT2D eigenvalue weighted by molar-refractivity contribution is -0.119. The monoisotopic (exact) mass is 256 g/mol. The molecule has 17 heavy (non-hydrogen) atoms. The molecule has 0 heterocycles. The summed E-state index contributed by atoms with van der Waals surface area (Å²) in [5.41, 5.74) is 13.4. The van der Waals surface area contributed by atoms with Gasteiger partial charge in [-0.05, 0) is 31.0 Å². The van der Waals surface area contributed by atoms with Crippen LogP contribution >= 0.6 is 11.6 Å². The van der Waals surface area contributed by atoms with E-state index in [1.54, 1.807) is 7.11 Å². The van der Waals surface area contributed by atoms with Crippen molar-refractivity contribution in [1.29, 1.82) is 0 Å². The van der Waals surface area contributed by atoms with E-state index in [9.17, 15) is 4.79 Å². The van der Waals surface area contributed by atoms with Gasteiger partial charge >= 0.3 is 0 Å². The molecule has 0 aliphatic heterocycles. The molecule has 1 rings (SSSR count). The van der Waals surface area contributed by atoms with Crippen molar-refractivity contribution in [3.63, 3.8) is 0 Å². The Hall–Kier alpha value is -1.26. The van der Waals surface area contributed by atoms with E-state index in [-0.39, 0.29) is 0 Å². The fraction of sp³-hybridized carbons (Fsp3) is 0.417. The van der Waals surface area contributed by atoms with Gasteiger partial charge in [-0.25, -0.2) is 0 Å². The lowest BCUT2D eigenvalue weighted by Crippen LogP contribution is -2.38. The molecule has 1 atom stereocenters. The molecule has 0 aliphatic carbocycles. The molecular weight excluding hydrogens is 240 g/mol. The second-order valence-electron chi connectivity index (χ2n) is 4.03. The highest BCUT2D eigenvalue weighted by Crippen LogP contribution is 2.32. The lowest BCUT2D eigenvalue weighted by atomic mass is 9.98. The van der Waals surface area contributed by atoms with E-state index in [1.165, 1.54) is 0 Å². The predicted octanol–water partition coefficient (Wildman–Crippen LogP) is 1.32. The van der Waals surface area contributed by atoms with Crippen molar-refractivity contribution in [1.82, 2.24) is 0 Å². The van der Waals surface area contributed by atoms with Crippen LogP contribution in [0.25, 0.3) is 0 Å². The molecule has 5 heteroatoms. The molecule has 0 saturated heterocycles. The average molecular weight is 257 g/mol. The Kier molecular flexibility index (Phi) is 4.37. The highest BCUT2D eigenvalue weighted by atomic mass is 35.5. The summed E-state index contributed by atoms with van der Waals surface area (Å²) in [6, 6.07) is 1.10. The summed E-state index contributed by atoms with van der Waals surface area (Å²) in [4.78, 5) is 11.0. The molecule has 0 saturated carbocycles. The van der Waals surface area contributed by atoms with Crippen LogP contribution in [0.1, 0.15) is 16.7 Å². The van der Waals surface area contributed by atoms with Gasteiger partial charge in [0.25, 0.3) is 0 Å². The van der Waals surface area contributed by atoms with Crippen LogP contribution < -0.4 is 16.2 Å². The zero-order valence-corrected chi connectivity index (χ0v) is 11.0. The number of methoxy groups -OCH3 is 1. The number of primary amides is 1. The maximum atomic E-state index is 11.0. The van der Waals surface area contributed by atoms with Gasteiger partial charge in [-0.1, -0.05) is 11.6 Å². The number of aryl methyl sites for hydroxylation is 1. The highest BCUT2D eigenvalue weighted by molar-refractivity contribution is 6.32.